The first-order valence-corrected chi connectivity index (χ1v) is 11.2. The van der Waals surface area contributed by atoms with Gasteiger partial charge in [-0.15, -0.1) is 11.8 Å². The highest BCUT2D eigenvalue weighted by atomic mass is 32.2. The van der Waals surface area contributed by atoms with Gasteiger partial charge in [-0.2, -0.15) is 4.31 Å². The molecule has 2 rings (SSSR count). The van der Waals surface area contributed by atoms with Crippen molar-refractivity contribution in [3.05, 3.63) is 33.7 Å². The van der Waals surface area contributed by atoms with E-state index in [9.17, 15) is 13.5 Å². The van der Waals surface area contributed by atoms with Gasteiger partial charge in [-0.25, -0.2) is 8.42 Å². The van der Waals surface area contributed by atoms with E-state index in [-0.39, 0.29) is 10.8 Å². The summed E-state index contributed by atoms with van der Waals surface area (Å²) in [5.41, 5.74) is 2.47. The van der Waals surface area contributed by atoms with Crippen LogP contribution in [0.2, 0.25) is 0 Å². The van der Waals surface area contributed by atoms with Crippen LogP contribution in [0.4, 0.5) is 0 Å². The van der Waals surface area contributed by atoms with Crippen molar-refractivity contribution >= 4 is 27.9 Å². The highest BCUT2D eigenvalue weighted by molar-refractivity contribution is 8.04. The van der Waals surface area contributed by atoms with E-state index in [4.69, 9.17) is 0 Å². The second-order valence-electron chi connectivity index (χ2n) is 8.72. The zero-order chi connectivity index (χ0) is 19.2. The minimum Gasteiger partial charge on any atom is -0.507 e. The first-order valence-electron chi connectivity index (χ1n) is 8.36. The van der Waals surface area contributed by atoms with E-state index in [0.29, 0.717) is 18.2 Å². The summed E-state index contributed by atoms with van der Waals surface area (Å²) in [4.78, 5) is 1.02. The van der Waals surface area contributed by atoms with Gasteiger partial charge in [0.2, 0.25) is 10.0 Å². The van der Waals surface area contributed by atoms with Gasteiger partial charge in [0, 0.05) is 22.6 Å². The molecule has 1 fully saturated rings. The number of phenols is 1. The molecule has 0 saturated carbocycles. The van der Waals surface area contributed by atoms with E-state index >= 15 is 0 Å². The predicted molar refractivity (Wildman–Crippen MR) is 107 cm³/mol. The number of rotatable bonds is 2. The number of thioether (sulfide) groups is 1. The molecule has 0 radical (unpaired) electrons. The number of aromatic hydroxyl groups is 1. The van der Waals surface area contributed by atoms with E-state index < -0.39 is 10.0 Å². The molecule has 0 spiro atoms. The van der Waals surface area contributed by atoms with Crippen LogP contribution in [0.15, 0.2) is 17.0 Å². The van der Waals surface area contributed by atoms with Gasteiger partial charge in [-0.05, 0) is 34.6 Å². The average Bonchev–Trinajstić information content (AvgIpc) is 2.86. The Morgan fingerprint density at radius 3 is 1.92 bits per heavy atom. The van der Waals surface area contributed by atoms with E-state index in [1.54, 1.807) is 11.8 Å². The quantitative estimate of drug-likeness (QED) is 0.827. The van der Waals surface area contributed by atoms with Gasteiger partial charge in [0.25, 0.3) is 0 Å². The SMILES string of the molecule is CC(C)(C)c1cc(C=C2CN(S(C)(=O)=O)CS2)cc(C(C)(C)C)c1O. The molecule has 0 amide bonds. The maximum atomic E-state index is 11.7. The molecule has 0 bridgehead atoms. The second-order valence-corrected chi connectivity index (χ2v) is 11.8. The van der Waals surface area contributed by atoms with Gasteiger partial charge in [-0.1, -0.05) is 41.5 Å². The monoisotopic (exact) mass is 383 g/mol. The molecule has 1 aliphatic heterocycles. The molecule has 0 aliphatic carbocycles. The molecule has 0 aromatic heterocycles. The van der Waals surface area contributed by atoms with Crippen molar-refractivity contribution in [1.29, 1.82) is 0 Å². The molecular formula is C19H29NO3S2. The van der Waals surface area contributed by atoms with Crippen LogP contribution < -0.4 is 0 Å². The Kier molecular flexibility index (Phi) is 5.40. The van der Waals surface area contributed by atoms with Crippen LogP contribution in [0.3, 0.4) is 0 Å². The Morgan fingerprint density at radius 2 is 1.56 bits per heavy atom. The molecular weight excluding hydrogens is 354 g/mol. The Morgan fingerprint density at radius 1 is 1.08 bits per heavy atom. The highest BCUT2D eigenvalue weighted by Gasteiger charge is 2.28. The maximum absolute atomic E-state index is 11.7. The van der Waals surface area contributed by atoms with Crippen molar-refractivity contribution < 1.29 is 13.5 Å². The standard InChI is InChI=1S/C19H29NO3S2/c1-18(2,3)15-9-13(10-16(17(15)21)19(4,5)6)8-14-11-20(12-24-14)25(7,22)23/h8-10,21H,11-12H2,1-7H3. The van der Waals surface area contributed by atoms with Gasteiger partial charge >= 0.3 is 0 Å². The molecule has 0 atom stereocenters. The normalized spacial score (nSPS) is 18.9. The maximum Gasteiger partial charge on any atom is 0.212 e. The molecule has 1 aromatic rings. The van der Waals surface area contributed by atoms with Gasteiger partial charge in [-0.3, -0.25) is 0 Å². The average molecular weight is 384 g/mol. The molecule has 4 nitrogen and oxygen atoms in total. The number of benzene rings is 1. The van der Waals surface area contributed by atoms with Crippen LogP contribution in [0.25, 0.3) is 6.08 Å². The minimum absolute atomic E-state index is 0.180. The summed E-state index contributed by atoms with van der Waals surface area (Å²) in [7, 11) is -3.17. The fourth-order valence-electron chi connectivity index (χ4n) is 2.79. The third-order valence-corrected chi connectivity index (χ3v) is 6.69. The van der Waals surface area contributed by atoms with Gasteiger partial charge in [0.15, 0.2) is 0 Å². The first kappa shape index (κ1) is 20.3. The summed E-state index contributed by atoms with van der Waals surface area (Å²) in [5.74, 6) is 0.820. The lowest BCUT2D eigenvalue weighted by molar-refractivity contribution is 0.423. The summed E-state index contributed by atoms with van der Waals surface area (Å²) < 4.78 is 24.9. The largest absolute Gasteiger partial charge is 0.507 e. The van der Waals surface area contributed by atoms with E-state index in [1.165, 1.54) is 10.6 Å². The van der Waals surface area contributed by atoms with Crippen molar-refractivity contribution in [2.24, 2.45) is 0 Å². The Labute approximate surface area is 156 Å². The Hall–Kier alpha value is -0.980. The summed E-state index contributed by atoms with van der Waals surface area (Å²) in [6.07, 6.45) is 3.28. The predicted octanol–water partition coefficient (Wildman–Crippen LogP) is 4.29. The third kappa shape index (κ3) is 4.80. The number of hydrogen-bond donors (Lipinski definition) is 1. The molecule has 1 N–H and O–H groups in total. The smallest absolute Gasteiger partial charge is 0.212 e. The van der Waals surface area contributed by atoms with Crippen molar-refractivity contribution in [2.75, 3.05) is 18.7 Å². The molecule has 1 saturated heterocycles. The molecule has 1 aliphatic rings. The molecule has 0 unspecified atom stereocenters. The second kappa shape index (κ2) is 6.63. The van der Waals surface area contributed by atoms with E-state index in [2.05, 4.69) is 41.5 Å². The van der Waals surface area contributed by atoms with Crippen LogP contribution in [0.1, 0.15) is 58.2 Å². The third-order valence-electron chi connectivity index (χ3n) is 4.27. The van der Waals surface area contributed by atoms with E-state index in [0.717, 1.165) is 21.6 Å². The van der Waals surface area contributed by atoms with Gasteiger partial charge in [0.05, 0.1) is 12.1 Å². The number of hydrogen-bond acceptors (Lipinski definition) is 4. The number of phenolic OH excluding ortho intramolecular Hbond substituents is 1. The van der Waals surface area contributed by atoms with Crippen molar-refractivity contribution in [3.63, 3.8) is 0 Å². The lowest BCUT2D eigenvalue weighted by Crippen LogP contribution is -2.26. The number of sulfonamides is 1. The van der Waals surface area contributed by atoms with Gasteiger partial charge in [0.1, 0.15) is 5.75 Å². The lowest BCUT2D eigenvalue weighted by Gasteiger charge is -2.28. The van der Waals surface area contributed by atoms with Gasteiger partial charge < -0.3 is 5.11 Å². The van der Waals surface area contributed by atoms with Crippen molar-refractivity contribution in [2.45, 2.75) is 52.4 Å². The Balaban J connectivity index is 2.51. The first-order chi connectivity index (χ1) is 11.2. The fraction of sp³-hybridized carbons (Fsp3) is 0.579. The van der Waals surface area contributed by atoms with Crippen LogP contribution in [-0.2, 0) is 20.9 Å². The lowest BCUT2D eigenvalue weighted by atomic mass is 9.78. The molecule has 1 aromatic carbocycles. The molecule has 1 heterocycles. The highest BCUT2D eigenvalue weighted by Crippen LogP contribution is 2.41. The topological polar surface area (TPSA) is 57.6 Å². The van der Waals surface area contributed by atoms with Crippen LogP contribution >= 0.6 is 11.8 Å². The van der Waals surface area contributed by atoms with Crippen molar-refractivity contribution in [1.82, 2.24) is 4.31 Å². The molecule has 6 heteroatoms. The fourth-order valence-corrected chi connectivity index (χ4v) is 5.04. The molecule has 25 heavy (non-hydrogen) atoms. The zero-order valence-corrected chi connectivity index (χ0v) is 17.8. The summed E-state index contributed by atoms with van der Waals surface area (Å²) in [6, 6.07) is 4.03. The zero-order valence-electron chi connectivity index (χ0n) is 16.2. The summed E-state index contributed by atoms with van der Waals surface area (Å²) >= 11 is 1.55. The van der Waals surface area contributed by atoms with Crippen molar-refractivity contribution in [3.8, 4) is 5.75 Å². The number of nitrogens with zero attached hydrogens (tertiary/aromatic N) is 1. The molecule has 140 valence electrons. The minimum atomic E-state index is -3.17. The Bertz CT molecular complexity index is 762. The van der Waals surface area contributed by atoms with Crippen LogP contribution in [-0.4, -0.2) is 36.5 Å². The summed E-state index contributed by atoms with van der Waals surface area (Å²) in [5, 5.41) is 10.8. The van der Waals surface area contributed by atoms with E-state index in [1.807, 2.05) is 18.2 Å². The summed E-state index contributed by atoms with van der Waals surface area (Å²) in [6.45, 7) is 12.9. The van der Waals surface area contributed by atoms with Crippen LogP contribution in [0.5, 0.6) is 5.75 Å². The van der Waals surface area contributed by atoms with Crippen LogP contribution in [0, 0.1) is 0 Å².